The summed E-state index contributed by atoms with van der Waals surface area (Å²) in [6, 6.07) is 17.3. The highest BCUT2D eigenvalue weighted by Crippen LogP contribution is 2.40. The molecule has 1 saturated carbocycles. The van der Waals surface area contributed by atoms with Crippen LogP contribution < -0.4 is 9.47 Å². The second kappa shape index (κ2) is 15.0. The largest absolute Gasteiger partial charge is 0.491 e. The lowest BCUT2D eigenvalue weighted by atomic mass is 9.73. The van der Waals surface area contributed by atoms with E-state index in [4.69, 9.17) is 14.2 Å². The van der Waals surface area contributed by atoms with Crippen molar-refractivity contribution in [1.82, 2.24) is 0 Å². The molecule has 2 aromatic carbocycles. The molecule has 2 atom stereocenters. The van der Waals surface area contributed by atoms with Gasteiger partial charge in [-0.3, -0.25) is 0 Å². The van der Waals surface area contributed by atoms with Gasteiger partial charge in [-0.2, -0.15) is 0 Å². The summed E-state index contributed by atoms with van der Waals surface area (Å²) >= 11 is 0. The fourth-order valence-electron chi connectivity index (χ4n) is 5.68. The molecule has 38 heavy (non-hydrogen) atoms. The van der Waals surface area contributed by atoms with Crippen LogP contribution >= 0.6 is 0 Å². The molecule has 0 aliphatic heterocycles. The summed E-state index contributed by atoms with van der Waals surface area (Å²) in [4.78, 5) is 0. The minimum atomic E-state index is -0.260. The van der Waals surface area contributed by atoms with E-state index >= 15 is 0 Å². The standard InChI is InChI=1S/C35H54O3/c1-7-12-29(8-2)30-15-19-31(20-16-30)36-25-26-37-33(27-35(6)22-10-9-11-23-35)38-32-17-13-28(14-18-32)21-24-34(3,4)5/h13-20,29,33H,7-12,21-27H2,1-6H3. The van der Waals surface area contributed by atoms with E-state index in [9.17, 15) is 0 Å². The van der Waals surface area contributed by atoms with Crippen molar-refractivity contribution in [3.63, 3.8) is 0 Å². The lowest BCUT2D eigenvalue weighted by Gasteiger charge is -2.36. The van der Waals surface area contributed by atoms with Crippen molar-refractivity contribution in [1.29, 1.82) is 0 Å². The van der Waals surface area contributed by atoms with Gasteiger partial charge in [0.1, 0.15) is 18.1 Å². The molecule has 0 N–H and O–H groups in total. The molecule has 0 spiro atoms. The summed E-state index contributed by atoms with van der Waals surface area (Å²) in [6.45, 7) is 14.9. The van der Waals surface area contributed by atoms with Gasteiger partial charge >= 0.3 is 0 Å². The molecule has 1 aliphatic carbocycles. The Bertz CT molecular complexity index is 904. The van der Waals surface area contributed by atoms with Gasteiger partial charge < -0.3 is 14.2 Å². The molecule has 0 amide bonds. The van der Waals surface area contributed by atoms with Crippen LogP contribution in [-0.2, 0) is 11.2 Å². The Morgan fingerprint density at radius 1 is 0.842 bits per heavy atom. The first kappa shape index (κ1) is 30.5. The third kappa shape index (κ3) is 10.6. The van der Waals surface area contributed by atoms with E-state index in [2.05, 4.69) is 90.1 Å². The van der Waals surface area contributed by atoms with Gasteiger partial charge in [0.15, 0.2) is 6.29 Å². The molecule has 3 rings (SSSR count). The molecule has 0 aromatic heterocycles. The van der Waals surface area contributed by atoms with Gasteiger partial charge in [0, 0.05) is 6.42 Å². The Morgan fingerprint density at radius 3 is 2.11 bits per heavy atom. The Hall–Kier alpha value is -2.00. The zero-order chi connectivity index (χ0) is 27.4. The van der Waals surface area contributed by atoms with E-state index in [0.29, 0.717) is 24.5 Å². The van der Waals surface area contributed by atoms with Crippen LogP contribution in [0.2, 0.25) is 0 Å². The number of benzene rings is 2. The number of ether oxygens (including phenoxy) is 3. The molecular formula is C35H54O3. The first-order valence-electron chi connectivity index (χ1n) is 15.3. The van der Waals surface area contributed by atoms with E-state index in [1.165, 1.54) is 68.9 Å². The van der Waals surface area contributed by atoms with E-state index in [0.717, 1.165) is 24.3 Å². The van der Waals surface area contributed by atoms with Crippen molar-refractivity contribution in [2.24, 2.45) is 10.8 Å². The SMILES string of the molecule is CCCC(CC)c1ccc(OCCOC(CC2(C)CCCCC2)Oc2ccc(CCC(C)(C)C)cc2)cc1. The first-order chi connectivity index (χ1) is 18.2. The monoisotopic (exact) mass is 522 g/mol. The molecule has 1 fully saturated rings. The van der Waals surface area contributed by atoms with Gasteiger partial charge in [-0.25, -0.2) is 0 Å². The molecular weight excluding hydrogens is 468 g/mol. The minimum Gasteiger partial charge on any atom is -0.491 e. The van der Waals surface area contributed by atoms with Crippen molar-refractivity contribution in [3.05, 3.63) is 59.7 Å². The minimum absolute atomic E-state index is 0.260. The molecule has 212 valence electrons. The predicted molar refractivity (Wildman–Crippen MR) is 160 cm³/mol. The quantitative estimate of drug-likeness (QED) is 0.172. The third-order valence-electron chi connectivity index (χ3n) is 8.21. The second-order valence-electron chi connectivity index (χ2n) is 13.0. The van der Waals surface area contributed by atoms with Crippen LogP contribution in [0, 0.1) is 10.8 Å². The number of rotatable bonds is 15. The molecule has 0 heterocycles. The van der Waals surface area contributed by atoms with Crippen LogP contribution in [0.1, 0.15) is 123 Å². The summed E-state index contributed by atoms with van der Waals surface area (Å²) in [7, 11) is 0. The first-order valence-corrected chi connectivity index (χ1v) is 15.3. The van der Waals surface area contributed by atoms with Crippen molar-refractivity contribution >= 4 is 0 Å². The van der Waals surface area contributed by atoms with Gasteiger partial charge in [-0.05, 0) is 90.7 Å². The van der Waals surface area contributed by atoms with Crippen molar-refractivity contribution in [2.75, 3.05) is 13.2 Å². The highest BCUT2D eigenvalue weighted by atomic mass is 16.7. The molecule has 2 aromatic rings. The maximum atomic E-state index is 6.43. The maximum Gasteiger partial charge on any atom is 0.200 e. The van der Waals surface area contributed by atoms with E-state index < -0.39 is 0 Å². The van der Waals surface area contributed by atoms with Crippen LogP contribution in [-0.4, -0.2) is 19.5 Å². The Labute approximate surface area is 233 Å². The molecule has 0 radical (unpaired) electrons. The molecule has 3 heteroatoms. The van der Waals surface area contributed by atoms with Crippen LogP contribution in [0.25, 0.3) is 0 Å². The summed E-state index contributed by atoms with van der Waals surface area (Å²) in [5, 5.41) is 0. The van der Waals surface area contributed by atoms with E-state index in [1.54, 1.807) is 0 Å². The van der Waals surface area contributed by atoms with Crippen LogP contribution in [0.15, 0.2) is 48.5 Å². The predicted octanol–water partition coefficient (Wildman–Crippen LogP) is 10.1. The number of hydrogen-bond acceptors (Lipinski definition) is 3. The van der Waals surface area contributed by atoms with Gasteiger partial charge in [0.25, 0.3) is 0 Å². The Balaban J connectivity index is 1.54. The second-order valence-corrected chi connectivity index (χ2v) is 13.0. The van der Waals surface area contributed by atoms with Crippen LogP contribution in [0.3, 0.4) is 0 Å². The average molecular weight is 523 g/mol. The summed E-state index contributed by atoms with van der Waals surface area (Å²) in [5.74, 6) is 2.44. The lowest BCUT2D eigenvalue weighted by Crippen LogP contribution is -2.32. The third-order valence-corrected chi connectivity index (χ3v) is 8.21. The van der Waals surface area contributed by atoms with E-state index in [1.807, 2.05) is 0 Å². The zero-order valence-electron chi connectivity index (χ0n) is 25.2. The smallest absolute Gasteiger partial charge is 0.200 e. The maximum absolute atomic E-state index is 6.43. The normalized spacial score (nSPS) is 17.1. The van der Waals surface area contributed by atoms with Crippen LogP contribution in [0.5, 0.6) is 11.5 Å². The molecule has 2 unspecified atom stereocenters. The van der Waals surface area contributed by atoms with Gasteiger partial charge in [0.2, 0.25) is 0 Å². The number of hydrogen-bond donors (Lipinski definition) is 0. The van der Waals surface area contributed by atoms with Crippen molar-refractivity contribution in [3.8, 4) is 11.5 Å². The Morgan fingerprint density at radius 2 is 1.50 bits per heavy atom. The highest BCUT2D eigenvalue weighted by Gasteiger charge is 2.31. The fraction of sp³-hybridized carbons (Fsp3) is 0.657. The van der Waals surface area contributed by atoms with Gasteiger partial charge in [-0.15, -0.1) is 0 Å². The topological polar surface area (TPSA) is 27.7 Å². The Kier molecular flexibility index (Phi) is 12.0. The fourth-order valence-corrected chi connectivity index (χ4v) is 5.68. The van der Waals surface area contributed by atoms with Crippen molar-refractivity contribution in [2.45, 2.75) is 124 Å². The molecule has 0 saturated heterocycles. The lowest BCUT2D eigenvalue weighted by molar-refractivity contribution is -0.112. The molecule has 0 bridgehead atoms. The zero-order valence-corrected chi connectivity index (χ0v) is 25.2. The average Bonchev–Trinajstić information content (AvgIpc) is 2.89. The van der Waals surface area contributed by atoms with Gasteiger partial charge in [0.05, 0.1) is 6.61 Å². The van der Waals surface area contributed by atoms with Gasteiger partial charge in [-0.1, -0.05) is 91.5 Å². The summed E-state index contributed by atoms with van der Waals surface area (Å²) in [5.41, 5.74) is 3.40. The van der Waals surface area contributed by atoms with Crippen molar-refractivity contribution < 1.29 is 14.2 Å². The van der Waals surface area contributed by atoms with E-state index in [-0.39, 0.29) is 11.7 Å². The molecule has 1 aliphatic rings. The summed E-state index contributed by atoms with van der Waals surface area (Å²) in [6.07, 6.45) is 13.0. The summed E-state index contributed by atoms with van der Waals surface area (Å²) < 4.78 is 18.8. The number of aryl methyl sites for hydroxylation is 1. The molecule has 3 nitrogen and oxygen atoms in total. The van der Waals surface area contributed by atoms with Crippen LogP contribution in [0.4, 0.5) is 0 Å². The highest BCUT2D eigenvalue weighted by molar-refractivity contribution is 5.29.